The molecule has 0 unspecified atom stereocenters. The predicted molar refractivity (Wildman–Crippen MR) is 86.6 cm³/mol. The zero-order valence-corrected chi connectivity index (χ0v) is 13.1. The lowest BCUT2D eigenvalue weighted by Crippen LogP contribution is -2.53. The highest BCUT2D eigenvalue weighted by Crippen LogP contribution is 2.27. The SMILES string of the molecule is CC1=CC(C)(C)NC(=S)N1c1ccc(C(C)C)cc1. The van der Waals surface area contributed by atoms with Gasteiger partial charge >= 0.3 is 0 Å². The van der Waals surface area contributed by atoms with Crippen molar-refractivity contribution in [2.24, 2.45) is 0 Å². The van der Waals surface area contributed by atoms with Gasteiger partial charge in [0.15, 0.2) is 5.11 Å². The molecule has 102 valence electrons. The topological polar surface area (TPSA) is 15.3 Å². The van der Waals surface area contributed by atoms with Crippen molar-refractivity contribution in [3.8, 4) is 0 Å². The number of allylic oxidation sites excluding steroid dienone is 1. The van der Waals surface area contributed by atoms with Crippen molar-refractivity contribution in [1.29, 1.82) is 0 Å². The van der Waals surface area contributed by atoms with Gasteiger partial charge < -0.3 is 5.32 Å². The summed E-state index contributed by atoms with van der Waals surface area (Å²) in [5.41, 5.74) is 3.56. The molecule has 0 aromatic heterocycles. The third-order valence-electron chi connectivity index (χ3n) is 3.37. The first-order valence-electron chi connectivity index (χ1n) is 6.72. The number of hydrogen-bond donors (Lipinski definition) is 1. The minimum absolute atomic E-state index is 0.0739. The third-order valence-corrected chi connectivity index (χ3v) is 3.66. The molecule has 0 aliphatic carbocycles. The van der Waals surface area contributed by atoms with Crippen LogP contribution in [0.4, 0.5) is 5.69 Å². The first-order chi connectivity index (χ1) is 8.80. The van der Waals surface area contributed by atoms with E-state index in [0.717, 1.165) is 10.8 Å². The van der Waals surface area contributed by atoms with Crippen molar-refractivity contribution in [3.63, 3.8) is 0 Å². The standard InChI is InChI=1S/C16H22N2S/c1-11(2)13-6-8-14(9-7-13)18-12(3)10-16(4,5)17-15(18)19/h6-11H,1-5H3,(H,17,19). The predicted octanol–water partition coefficient (Wildman–Crippen LogP) is 4.19. The Morgan fingerprint density at radius 1 is 1.16 bits per heavy atom. The second-order valence-corrected chi connectivity index (χ2v) is 6.41. The maximum atomic E-state index is 5.49. The number of benzene rings is 1. The van der Waals surface area contributed by atoms with Crippen LogP contribution in [0.5, 0.6) is 0 Å². The largest absolute Gasteiger partial charge is 0.354 e. The number of anilines is 1. The highest BCUT2D eigenvalue weighted by Gasteiger charge is 2.27. The van der Waals surface area contributed by atoms with Crippen molar-refractivity contribution in [2.75, 3.05) is 4.90 Å². The van der Waals surface area contributed by atoms with Crippen molar-refractivity contribution in [2.45, 2.75) is 46.1 Å². The van der Waals surface area contributed by atoms with Gasteiger partial charge in [0.05, 0.1) is 5.54 Å². The van der Waals surface area contributed by atoms with Gasteiger partial charge in [0, 0.05) is 11.4 Å². The van der Waals surface area contributed by atoms with Crippen LogP contribution in [0.3, 0.4) is 0 Å². The molecular weight excluding hydrogens is 252 g/mol. The Labute approximate surface area is 121 Å². The van der Waals surface area contributed by atoms with Gasteiger partial charge in [-0.1, -0.05) is 26.0 Å². The fourth-order valence-corrected chi connectivity index (χ4v) is 2.96. The molecule has 1 aromatic carbocycles. The van der Waals surface area contributed by atoms with Crippen molar-refractivity contribution in [1.82, 2.24) is 5.32 Å². The van der Waals surface area contributed by atoms with Gasteiger partial charge in [-0.2, -0.15) is 0 Å². The Kier molecular flexibility index (Phi) is 3.68. The van der Waals surface area contributed by atoms with E-state index in [1.54, 1.807) is 0 Å². The summed E-state index contributed by atoms with van der Waals surface area (Å²) >= 11 is 5.49. The van der Waals surface area contributed by atoms with E-state index in [2.05, 4.69) is 75.2 Å². The molecule has 0 amide bonds. The molecule has 0 bridgehead atoms. The normalized spacial score (nSPS) is 18.3. The molecular formula is C16H22N2S. The molecule has 2 rings (SSSR count). The smallest absolute Gasteiger partial charge is 0.178 e. The summed E-state index contributed by atoms with van der Waals surface area (Å²) in [4.78, 5) is 2.09. The van der Waals surface area contributed by atoms with Gasteiger partial charge in [-0.25, -0.2) is 0 Å². The second-order valence-electron chi connectivity index (χ2n) is 6.02. The Bertz CT molecular complexity index is 512. The molecule has 1 heterocycles. The molecule has 1 aliphatic heterocycles. The Morgan fingerprint density at radius 3 is 2.21 bits per heavy atom. The van der Waals surface area contributed by atoms with E-state index < -0.39 is 0 Å². The van der Waals surface area contributed by atoms with Crippen LogP contribution >= 0.6 is 12.2 Å². The van der Waals surface area contributed by atoms with E-state index in [1.165, 1.54) is 11.3 Å². The number of thiocarbonyl (C=S) groups is 1. The maximum Gasteiger partial charge on any atom is 0.178 e. The molecule has 1 N–H and O–H groups in total. The monoisotopic (exact) mass is 274 g/mol. The Morgan fingerprint density at radius 2 is 1.74 bits per heavy atom. The Hall–Kier alpha value is -1.35. The second kappa shape index (κ2) is 4.97. The minimum atomic E-state index is -0.0739. The molecule has 1 aliphatic rings. The average Bonchev–Trinajstić information content (AvgIpc) is 2.26. The molecule has 0 saturated heterocycles. The lowest BCUT2D eigenvalue weighted by molar-refractivity contribution is 0.560. The van der Waals surface area contributed by atoms with Gasteiger partial charge in [-0.15, -0.1) is 0 Å². The van der Waals surface area contributed by atoms with Crippen LogP contribution < -0.4 is 10.2 Å². The summed E-state index contributed by atoms with van der Waals surface area (Å²) in [6.07, 6.45) is 2.21. The molecule has 0 saturated carbocycles. The van der Waals surface area contributed by atoms with Crippen LogP contribution in [0.1, 0.15) is 46.1 Å². The summed E-state index contributed by atoms with van der Waals surface area (Å²) in [5.74, 6) is 0.552. The van der Waals surface area contributed by atoms with Crippen LogP contribution in [0.15, 0.2) is 36.0 Å². The van der Waals surface area contributed by atoms with E-state index in [0.29, 0.717) is 5.92 Å². The van der Waals surface area contributed by atoms with Gasteiger partial charge in [-0.05, 0) is 62.7 Å². The van der Waals surface area contributed by atoms with Gasteiger partial charge in [0.1, 0.15) is 0 Å². The van der Waals surface area contributed by atoms with Gasteiger partial charge in [-0.3, -0.25) is 4.90 Å². The number of hydrogen-bond acceptors (Lipinski definition) is 1. The van der Waals surface area contributed by atoms with Crippen LogP contribution in [-0.4, -0.2) is 10.7 Å². The highest BCUT2D eigenvalue weighted by molar-refractivity contribution is 7.80. The molecule has 0 spiro atoms. The lowest BCUT2D eigenvalue weighted by Gasteiger charge is -2.38. The van der Waals surface area contributed by atoms with E-state index in [4.69, 9.17) is 12.2 Å². The number of nitrogens with one attached hydrogen (secondary N) is 1. The van der Waals surface area contributed by atoms with E-state index >= 15 is 0 Å². The summed E-state index contributed by atoms with van der Waals surface area (Å²) in [7, 11) is 0. The maximum absolute atomic E-state index is 5.49. The molecule has 1 aromatic rings. The van der Waals surface area contributed by atoms with Gasteiger partial charge in [0.2, 0.25) is 0 Å². The zero-order chi connectivity index (χ0) is 14.2. The van der Waals surface area contributed by atoms with Crippen molar-refractivity contribution < 1.29 is 0 Å². The van der Waals surface area contributed by atoms with Crippen molar-refractivity contribution in [3.05, 3.63) is 41.6 Å². The first-order valence-corrected chi connectivity index (χ1v) is 7.13. The average molecular weight is 274 g/mol. The number of nitrogens with zero attached hydrogens (tertiary/aromatic N) is 1. The molecule has 0 atom stereocenters. The molecule has 0 radical (unpaired) electrons. The summed E-state index contributed by atoms with van der Waals surface area (Å²) in [6, 6.07) is 8.63. The quantitative estimate of drug-likeness (QED) is 0.814. The van der Waals surface area contributed by atoms with Crippen molar-refractivity contribution >= 4 is 23.0 Å². The van der Waals surface area contributed by atoms with E-state index in [9.17, 15) is 0 Å². The molecule has 19 heavy (non-hydrogen) atoms. The molecule has 0 fully saturated rings. The lowest BCUT2D eigenvalue weighted by atomic mass is 10.0. The van der Waals surface area contributed by atoms with E-state index in [-0.39, 0.29) is 5.54 Å². The third kappa shape index (κ3) is 2.98. The summed E-state index contributed by atoms with van der Waals surface area (Å²) in [6.45, 7) is 10.8. The molecule has 2 nitrogen and oxygen atoms in total. The summed E-state index contributed by atoms with van der Waals surface area (Å²) in [5, 5.41) is 4.12. The van der Waals surface area contributed by atoms with Crippen LogP contribution in [0, 0.1) is 0 Å². The van der Waals surface area contributed by atoms with Crippen LogP contribution in [0.25, 0.3) is 0 Å². The van der Waals surface area contributed by atoms with E-state index in [1.807, 2.05) is 0 Å². The van der Waals surface area contributed by atoms with Crippen LogP contribution in [-0.2, 0) is 0 Å². The first kappa shape index (κ1) is 14.1. The minimum Gasteiger partial charge on any atom is -0.354 e. The Balaban J connectivity index is 2.34. The molecule has 3 heteroatoms. The number of rotatable bonds is 2. The van der Waals surface area contributed by atoms with Crippen LogP contribution in [0.2, 0.25) is 0 Å². The fourth-order valence-electron chi connectivity index (χ4n) is 2.44. The van der Waals surface area contributed by atoms with Gasteiger partial charge in [0.25, 0.3) is 0 Å². The zero-order valence-electron chi connectivity index (χ0n) is 12.3. The fraction of sp³-hybridized carbons (Fsp3) is 0.438. The summed E-state index contributed by atoms with van der Waals surface area (Å²) < 4.78 is 0. The highest BCUT2D eigenvalue weighted by atomic mass is 32.1.